The minimum absolute atomic E-state index is 0.254. The van der Waals surface area contributed by atoms with Gasteiger partial charge in [-0.05, 0) is 64.8 Å². The van der Waals surface area contributed by atoms with E-state index in [1.54, 1.807) is 0 Å². The molecule has 0 bridgehead atoms. The van der Waals surface area contributed by atoms with Crippen molar-refractivity contribution in [2.75, 3.05) is 0 Å². The van der Waals surface area contributed by atoms with Gasteiger partial charge in [0.25, 0.3) is 0 Å². The largest absolute Gasteiger partial charge is 0.0805 e. The topological polar surface area (TPSA) is 0 Å². The van der Waals surface area contributed by atoms with Crippen molar-refractivity contribution in [1.82, 2.24) is 0 Å². The van der Waals surface area contributed by atoms with E-state index in [9.17, 15) is 0 Å². The molecule has 4 aliphatic carbocycles. The molecule has 0 nitrogen and oxygen atoms in total. The molecule has 25 heavy (non-hydrogen) atoms. The second-order valence-electron chi connectivity index (χ2n) is 10.6. The van der Waals surface area contributed by atoms with Crippen LogP contribution in [-0.4, -0.2) is 0 Å². The van der Waals surface area contributed by atoms with Crippen LogP contribution in [0.4, 0.5) is 0 Å². The van der Waals surface area contributed by atoms with Gasteiger partial charge in [0.2, 0.25) is 0 Å². The molecule has 5 atom stereocenters. The molecule has 0 spiro atoms. The summed E-state index contributed by atoms with van der Waals surface area (Å²) in [6.07, 6.45) is 23.2. The third kappa shape index (κ3) is 2.81. The van der Waals surface area contributed by atoms with Crippen molar-refractivity contribution >= 4 is 0 Å². The highest BCUT2D eigenvalue weighted by atomic mass is 14.6. The quantitative estimate of drug-likeness (QED) is 0.511. The van der Waals surface area contributed by atoms with E-state index in [4.69, 9.17) is 0 Å². The lowest BCUT2D eigenvalue weighted by Crippen LogP contribution is -2.37. The van der Waals surface area contributed by atoms with E-state index in [0.29, 0.717) is 23.2 Å². The van der Waals surface area contributed by atoms with Crippen LogP contribution in [0.3, 0.4) is 0 Å². The molecular weight excluding hydrogens is 300 g/mol. The third-order valence-corrected chi connectivity index (χ3v) is 7.94. The number of allylic oxidation sites excluding steroid dienone is 8. The summed E-state index contributed by atoms with van der Waals surface area (Å²) in [5, 5.41) is 0. The Balaban J connectivity index is 1.72. The van der Waals surface area contributed by atoms with Crippen molar-refractivity contribution in [3.8, 4) is 0 Å². The van der Waals surface area contributed by atoms with Crippen molar-refractivity contribution in [3.63, 3.8) is 0 Å². The van der Waals surface area contributed by atoms with Crippen molar-refractivity contribution < 1.29 is 0 Å². The number of hydrogen-bond donors (Lipinski definition) is 0. The van der Waals surface area contributed by atoms with Crippen LogP contribution < -0.4 is 0 Å². The molecule has 2 fully saturated rings. The lowest BCUT2D eigenvalue weighted by atomic mass is 9.61. The van der Waals surface area contributed by atoms with E-state index >= 15 is 0 Å². The van der Waals surface area contributed by atoms with Crippen LogP contribution in [-0.2, 0) is 0 Å². The standard InChI is InChI=1S/C25H36/c1-24(2,3)18-14-15-21-22(16-18)19-12-8-9-13-20(19)23(21)25(4,5)17-10-6-7-11-17/h8-9,12-17,19-23H,6-7,10-11H2,1-5H3. The van der Waals surface area contributed by atoms with E-state index in [0.717, 1.165) is 17.8 Å². The minimum atomic E-state index is 0.254. The van der Waals surface area contributed by atoms with Gasteiger partial charge in [0, 0.05) is 0 Å². The molecule has 5 unspecified atom stereocenters. The maximum atomic E-state index is 2.65. The third-order valence-electron chi connectivity index (χ3n) is 7.94. The van der Waals surface area contributed by atoms with Crippen molar-refractivity contribution in [2.24, 2.45) is 46.3 Å². The fourth-order valence-electron chi connectivity index (χ4n) is 6.52. The fraction of sp³-hybridized carbons (Fsp3) is 0.680. The number of rotatable bonds is 2. The summed E-state index contributed by atoms with van der Waals surface area (Å²) in [7, 11) is 0. The van der Waals surface area contributed by atoms with Crippen LogP contribution >= 0.6 is 0 Å². The zero-order valence-electron chi connectivity index (χ0n) is 16.8. The average Bonchev–Trinajstić information content (AvgIpc) is 3.20. The summed E-state index contributed by atoms with van der Waals surface area (Å²) in [6.45, 7) is 12.2. The molecule has 0 aromatic carbocycles. The Morgan fingerprint density at radius 3 is 2.00 bits per heavy atom. The summed E-state index contributed by atoms with van der Waals surface area (Å²) in [5.41, 5.74) is 2.23. The second-order valence-corrected chi connectivity index (χ2v) is 10.6. The first-order valence-corrected chi connectivity index (χ1v) is 10.6. The van der Waals surface area contributed by atoms with E-state index < -0.39 is 0 Å². The van der Waals surface area contributed by atoms with Gasteiger partial charge >= 0.3 is 0 Å². The molecule has 0 saturated heterocycles. The van der Waals surface area contributed by atoms with Crippen LogP contribution in [0.25, 0.3) is 0 Å². The first kappa shape index (κ1) is 17.4. The van der Waals surface area contributed by atoms with Gasteiger partial charge in [0.15, 0.2) is 0 Å². The lowest BCUT2D eigenvalue weighted by molar-refractivity contribution is 0.0749. The molecule has 0 aromatic rings. The summed E-state index contributed by atoms with van der Waals surface area (Å²) >= 11 is 0. The molecule has 0 aromatic heterocycles. The van der Waals surface area contributed by atoms with Gasteiger partial charge in [-0.15, -0.1) is 0 Å². The summed E-state index contributed by atoms with van der Waals surface area (Å²) in [4.78, 5) is 0. The molecule has 136 valence electrons. The van der Waals surface area contributed by atoms with Crippen LogP contribution in [0.1, 0.15) is 60.3 Å². The summed E-state index contributed by atoms with van der Waals surface area (Å²) in [6, 6.07) is 0. The second kappa shape index (κ2) is 6.00. The fourth-order valence-corrected chi connectivity index (χ4v) is 6.52. The van der Waals surface area contributed by atoms with Crippen molar-refractivity contribution in [1.29, 1.82) is 0 Å². The molecule has 2 saturated carbocycles. The van der Waals surface area contributed by atoms with Crippen molar-refractivity contribution in [2.45, 2.75) is 60.3 Å². The first-order valence-electron chi connectivity index (χ1n) is 10.6. The maximum absolute atomic E-state index is 2.65. The highest BCUT2D eigenvalue weighted by Gasteiger charge is 2.55. The van der Waals surface area contributed by atoms with Gasteiger partial charge in [-0.1, -0.05) is 90.0 Å². The maximum Gasteiger partial charge on any atom is -0.00925 e. The highest BCUT2D eigenvalue weighted by Crippen LogP contribution is 2.61. The Bertz CT molecular complexity index is 627. The molecule has 4 rings (SSSR count). The van der Waals surface area contributed by atoms with Crippen LogP contribution in [0.2, 0.25) is 0 Å². The Morgan fingerprint density at radius 2 is 1.36 bits per heavy atom. The first-order chi connectivity index (χ1) is 11.8. The van der Waals surface area contributed by atoms with Crippen LogP contribution in [0.15, 0.2) is 48.1 Å². The Kier molecular flexibility index (Phi) is 4.17. The Morgan fingerprint density at radius 1 is 0.760 bits per heavy atom. The van der Waals surface area contributed by atoms with Gasteiger partial charge in [0.1, 0.15) is 0 Å². The number of hydrogen-bond acceptors (Lipinski definition) is 0. The Hall–Kier alpha value is -1.04. The lowest BCUT2D eigenvalue weighted by Gasteiger charge is -2.44. The van der Waals surface area contributed by atoms with Gasteiger partial charge in [-0.2, -0.15) is 0 Å². The Labute approximate surface area is 155 Å². The monoisotopic (exact) mass is 336 g/mol. The van der Waals surface area contributed by atoms with Gasteiger partial charge in [0.05, 0.1) is 0 Å². The van der Waals surface area contributed by atoms with E-state index in [2.05, 4.69) is 77.2 Å². The van der Waals surface area contributed by atoms with Gasteiger partial charge in [-0.25, -0.2) is 0 Å². The SMILES string of the molecule is CC(C)(C)C1=CC2C3C=CC=CC3C(C(C)(C)C3CCCC3)C2C=C1. The summed E-state index contributed by atoms with van der Waals surface area (Å²) < 4.78 is 0. The van der Waals surface area contributed by atoms with E-state index in [1.807, 2.05) is 0 Å². The zero-order valence-corrected chi connectivity index (χ0v) is 16.8. The average molecular weight is 337 g/mol. The van der Waals surface area contributed by atoms with Crippen molar-refractivity contribution in [3.05, 3.63) is 48.1 Å². The summed E-state index contributed by atoms with van der Waals surface area (Å²) in [5.74, 6) is 4.51. The number of fused-ring (bicyclic) bond motifs is 3. The van der Waals surface area contributed by atoms with Gasteiger partial charge < -0.3 is 0 Å². The molecule has 4 aliphatic rings. The molecular formula is C25H36. The van der Waals surface area contributed by atoms with Crippen LogP contribution in [0, 0.1) is 46.3 Å². The normalized spacial score (nSPS) is 38.0. The predicted octanol–water partition coefficient (Wildman–Crippen LogP) is 6.97. The van der Waals surface area contributed by atoms with E-state index in [-0.39, 0.29) is 5.41 Å². The highest BCUT2D eigenvalue weighted by molar-refractivity contribution is 5.36. The van der Waals surface area contributed by atoms with Crippen LogP contribution in [0.5, 0.6) is 0 Å². The minimum Gasteiger partial charge on any atom is -0.0805 e. The molecule has 0 N–H and O–H groups in total. The molecule has 0 aliphatic heterocycles. The predicted molar refractivity (Wildman–Crippen MR) is 108 cm³/mol. The van der Waals surface area contributed by atoms with E-state index in [1.165, 1.54) is 31.3 Å². The smallest absolute Gasteiger partial charge is 0.00925 e. The van der Waals surface area contributed by atoms with Gasteiger partial charge in [-0.3, -0.25) is 0 Å². The molecule has 0 radical (unpaired) electrons. The zero-order chi connectivity index (χ0) is 17.8. The molecule has 0 heteroatoms. The molecule has 0 amide bonds. The molecule has 0 heterocycles.